The molecule has 3 N–H and O–H groups in total. The van der Waals surface area contributed by atoms with E-state index in [4.69, 9.17) is 0 Å². The average molecular weight is 817 g/mol. The van der Waals surface area contributed by atoms with Crippen molar-refractivity contribution in [2.75, 3.05) is 0 Å². The molecule has 0 aromatic rings. The summed E-state index contributed by atoms with van der Waals surface area (Å²) in [5.41, 5.74) is -2.09. The summed E-state index contributed by atoms with van der Waals surface area (Å²) in [6, 6.07) is 0. The van der Waals surface area contributed by atoms with E-state index in [0.29, 0.717) is 19.3 Å². The molecule has 0 rings (SSSR count). The fourth-order valence-corrected chi connectivity index (χ4v) is 8.22. The summed E-state index contributed by atoms with van der Waals surface area (Å²) >= 11 is 0. The maximum absolute atomic E-state index is 13.6. The molecule has 5 nitrogen and oxygen atoms in total. The van der Waals surface area contributed by atoms with Crippen LogP contribution in [0, 0.1) is 0 Å². The molecular formula is C53H100O5. The summed E-state index contributed by atoms with van der Waals surface area (Å²) < 4.78 is 0. The zero-order chi connectivity index (χ0) is 42.6. The smallest absolute Gasteiger partial charge is 0.167 e. The molecule has 5 heteroatoms. The van der Waals surface area contributed by atoms with E-state index in [-0.39, 0.29) is 19.3 Å². The minimum absolute atomic E-state index is 0.0905. The summed E-state index contributed by atoms with van der Waals surface area (Å²) in [5.74, 6) is -0.888. The third-order valence-electron chi connectivity index (χ3n) is 12.4. The van der Waals surface area contributed by atoms with Crippen molar-refractivity contribution in [1.82, 2.24) is 0 Å². The first-order chi connectivity index (χ1) is 28.3. The monoisotopic (exact) mass is 817 g/mol. The molecule has 0 fully saturated rings. The Labute approximate surface area is 361 Å². The van der Waals surface area contributed by atoms with Crippen LogP contribution >= 0.6 is 0 Å². The van der Waals surface area contributed by atoms with Crippen LogP contribution in [0.2, 0.25) is 0 Å². The van der Waals surface area contributed by atoms with Gasteiger partial charge in [0.2, 0.25) is 0 Å². The highest BCUT2D eigenvalue weighted by atomic mass is 16.4. The van der Waals surface area contributed by atoms with Crippen LogP contribution < -0.4 is 0 Å². The number of hydrogen-bond acceptors (Lipinski definition) is 5. The van der Waals surface area contributed by atoms with Crippen molar-refractivity contribution in [2.45, 2.75) is 302 Å². The van der Waals surface area contributed by atoms with E-state index in [1.807, 2.05) is 0 Å². The maximum atomic E-state index is 13.6. The molecule has 0 saturated carbocycles. The van der Waals surface area contributed by atoms with Crippen LogP contribution in [-0.2, 0) is 9.59 Å². The van der Waals surface area contributed by atoms with Gasteiger partial charge < -0.3 is 15.3 Å². The lowest BCUT2D eigenvalue weighted by Gasteiger charge is -2.34. The van der Waals surface area contributed by atoms with E-state index in [1.54, 1.807) is 0 Å². The number of rotatable bonds is 47. The number of aliphatic hydroxyl groups is 3. The van der Waals surface area contributed by atoms with E-state index >= 15 is 0 Å². The van der Waals surface area contributed by atoms with Crippen LogP contribution in [0.15, 0.2) is 24.3 Å². The Kier molecular flexibility index (Phi) is 42.8. The molecule has 0 amide bonds. The molecule has 3 unspecified atom stereocenters. The highest BCUT2D eigenvalue weighted by Crippen LogP contribution is 2.28. The van der Waals surface area contributed by atoms with Crippen molar-refractivity contribution in [3.05, 3.63) is 24.3 Å². The van der Waals surface area contributed by atoms with Crippen molar-refractivity contribution in [1.29, 1.82) is 0 Å². The zero-order valence-corrected chi connectivity index (χ0v) is 39.1. The number of allylic oxidation sites excluding steroid dienone is 4. The lowest BCUT2D eigenvalue weighted by Crippen LogP contribution is -2.56. The van der Waals surface area contributed by atoms with Crippen molar-refractivity contribution in [3.8, 4) is 0 Å². The van der Waals surface area contributed by atoms with Gasteiger partial charge >= 0.3 is 0 Å². The van der Waals surface area contributed by atoms with Gasteiger partial charge in [-0.25, -0.2) is 0 Å². The van der Waals surface area contributed by atoms with Crippen molar-refractivity contribution in [2.24, 2.45) is 0 Å². The van der Waals surface area contributed by atoms with Gasteiger partial charge in [0.25, 0.3) is 0 Å². The third-order valence-corrected chi connectivity index (χ3v) is 12.4. The first-order valence-electron chi connectivity index (χ1n) is 25.8. The van der Waals surface area contributed by atoms with Crippen LogP contribution in [0.25, 0.3) is 0 Å². The average Bonchev–Trinajstić information content (AvgIpc) is 3.23. The number of aliphatic hydroxyl groups excluding tert-OH is 2. The summed E-state index contributed by atoms with van der Waals surface area (Å²) in [4.78, 5) is 26.6. The number of Topliss-reactive ketones (excluding diaryl/α,β-unsaturated/α-hetero) is 2. The minimum Gasteiger partial charge on any atom is -0.386 e. The maximum Gasteiger partial charge on any atom is 0.167 e. The Morgan fingerprint density at radius 3 is 1.02 bits per heavy atom. The van der Waals surface area contributed by atoms with Crippen LogP contribution in [0.4, 0.5) is 0 Å². The second-order valence-corrected chi connectivity index (χ2v) is 18.0. The Balaban J connectivity index is 4.65. The summed E-state index contributed by atoms with van der Waals surface area (Å²) in [7, 11) is 0. The lowest BCUT2D eigenvalue weighted by molar-refractivity contribution is -0.168. The Morgan fingerprint density at radius 2 is 0.672 bits per heavy atom. The second-order valence-electron chi connectivity index (χ2n) is 18.0. The van der Waals surface area contributed by atoms with E-state index < -0.39 is 29.4 Å². The first kappa shape index (κ1) is 56.7. The zero-order valence-electron chi connectivity index (χ0n) is 39.1. The molecule has 0 radical (unpaired) electrons. The molecule has 3 atom stereocenters. The molecule has 58 heavy (non-hydrogen) atoms. The summed E-state index contributed by atoms with van der Waals surface area (Å²) in [5, 5.41) is 33.9. The van der Waals surface area contributed by atoms with Crippen LogP contribution in [0.1, 0.15) is 284 Å². The molecule has 0 aromatic carbocycles. The fraction of sp³-hybridized carbons (Fsp3) is 0.887. The Bertz CT molecular complexity index is 943. The van der Waals surface area contributed by atoms with Gasteiger partial charge in [0.05, 0.1) is 0 Å². The van der Waals surface area contributed by atoms with Crippen LogP contribution in [0.5, 0.6) is 0 Å². The lowest BCUT2D eigenvalue weighted by atomic mass is 9.80. The van der Waals surface area contributed by atoms with Gasteiger partial charge in [0.1, 0.15) is 12.2 Å². The molecule has 0 aliphatic rings. The largest absolute Gasteiger partial charge is 0.386 e. The van der Waals surface area contributed by atoms with E-state index in [9.17, 15) is 24.9 Å². The van der Waals surface area contributed by atoms with Crippen molar-refractivity contribution < 1.29 is 24.9 Å². The van der Waals surface area contributed by atoms with Gasteiger partial charge in [0, 0.05) is 12.8 Å². The molecule has 0 bridgehead atoms. The summed E-state index contributed by atoms with van der Waals surface area (Å²) in [6.45, 7) is 6.76. The number of ketones is 2. The molecule has 0 aromatic heterocycles. The van der Waals surface area contributed by atoms with Crippen molar-refractivity contribution in [3.63, 3.8) is 0 Å². The number of hydrogen-bond donors (Lipinski definition) is 3. The predicted molar refractivity (Wildman–Crippen MR) is 252 cm³/mol. The summed E-state index contributed by atoms with van der Waals surface area (Å²) in [6.07, 6.45) is 50.4. The number of unbranched alkanes of at least 4 members (excludes halogenated alkanes) is 33. The standard InChI is InChI=1S/C53H100O5/c1-4-7-10-13-16-19-22-25-27-29-31-34-37-40-43-46-49(54)51(56)52(57)53(58,48-45-42-39-36-33-24-21-18-15-12-9-6-3)50(55)47-44-41-38-35-32-30-28-26-23-20-17-14-11-8-5-2/h25-28,51-52,56-58H,4-24,29-48H2,1-3H3/b27-25-,28-26-. The van der Waals surface area contributed by atoms with E-state index in [2.05, 4.69) is 45.1 Å². The van der Waals surface area contributed by atoms with E-state index in [0.717, 1.165) is 83.5 Å². The van der Waals surface area contributed by atoms with Crippen LogP contribution in [0.3, 0.4) is 0 Å². The van der Waals surface area contributed by atoms with Crippen molar-refractivity contribution >= 4 is 11.6 Å². The van der Waals surface area contributed by atoms with Gasteiger partial charge in [-0.15, -0.1) is 0 Å². The number of carbonyl (C=O) groups is 2. The normalized spacial score (nSPS) is 14.1. The fourth-order valence-electron chi connectivity index (χ4n) is 8.22. The topological polar surface area (TPSA) is 94.8 Å². The Morgan fingerprint density at radius 1 is 0.397 bits per heavy atom. The highest BCUT2D eigenvalue weighted by molar-refractivity contribution is 5.90. The molecule has 342 valence electrons. The SMILES string of the molecule is CCCCCCCC/C=C\CCCCCCCC(=O)C(O)C(O)C(O)(CCCCCCCCCCCCCC)C(=O)CCCCCCC/C=C\CCCCCCCC. The molecule has 0 heterocycles. The predicted octanol–water partition coefficient (Wildman–Crippen LogP) is 15.7. The Hall–Kier alpha value is -1.30. The van der Waals surface area contributed by atoms with Gasteiger partial charge in [0.15, 0.2) is 17.2 Å². The second kappa shape index (κ2) is 43.8. The van der Waals surface area contributed by atoms with Gasteiger partial charge in [-0.1, -0.05) is 225 Å². The quantitative estimate of drug-likeness (QED) is 0.0420. The highest BCUT2D eigenvalue weighted by Gasteiger charge is 2.46. The van der Waals surface area contributed by atoms with Gasteiger partial charge in [-0.3, -0.25) is 9.59 Å². The molecule has 0 spiro atoms. The van der Waals surface area contributed by atoms with Gasteiger partial charge in [-0.2, -0.15) is 0 Å². The molecule has 0 aliphatic heterocycles. The number of carbonyl (C=O) groups excluding carboxylic acids is 2. The van der Waals surface area contributed by atoms with E-state index in [1.165, 1.54) is 141 Å². The molecular weight excluding hydrogens is 717 g/mol. The van der Waals surface area contributed by atoms with Gasteiger partial charge in [-0.05, 0) is 70.6 Å². The van der Waals surface area contributed by atoms with Crippen LogP contribution in [-0.4, -0.2) is 44.7 Å². The third kappa shape index (κ3) is 34.4. The molecule has 0 saturated heterocycles. The molecule has 0 aliphatic carbocycles. The minimum atomic E-state index is -2.09. The first-order valence-corrected chi connectivity index (χ1v) is 25.8.